The van der Waals surface area contributed by atoms with Crippen LogP contribution in [-0.2, 0) is 17.4 Å². The smallest absolute Gasteiger partial charge is 0.433 e. The molecule has 1 heterocycles. The molecule has 0 atom stereocenters. The number of nitrogens with zero attached hydrogens (tertiary/aromatic N) is 2. The number of carbonyl (C=O) groups is 1. The second kappa shape index (κ2) is 6.99. The highest BCUT2D eigenvalue weighted by Crippen LogP contribution is 2.32. The summed E-state index contributed by atoms with van der Waals surface area (Å²) in [5, 5.41) is 8.44. The first-order valence-electron chi connectivity index (χ1n) is 6.69. The van der Waals surface area contributed by atoms with Crippen molar-refractivity contribution in [1.29, 1.82) is 0 Å². The molecule has 0 radical (unpaired) electrons. The SMILES string of the molecule is CCc1ccc(-c2cc(C(F)(F)F)nc(SCC(=O)O)n2)cc1. The van der Waals surface area contributed by atoms with Gasteiger partial charge in [-0.25, -0.2) is 9.97 Å². The van der Waals surface area contributed by atoms with Crippen LogP contribution in [0.1, 0.15) is 18.2 Å². The van der Waals surface area contributed by atoms with Gasteiger partial charge in [-0.05, 0) is 18.1 Å². The molecule has 0 fully saturated rings. The lowest BCUT2D eigenvalue weighted by atomic mass is 10.1. The van der Waals surface area contributed by atoms with E-state index in [4.69, 9.17) is 5.11 Å². The molecule has 1 aromatic carbocycles. The summed E-state index contributed by atoms with van der Waals surface area (Å²) in [4.78, 5) is 18.0. The van der Waals surface area contributed by atoms with Crippen molar-refractivity contribution in [3.63, 3.8) is 0 Å². The quantitative estimate of drug-likeness (QED) is 0.659. The van der Waals surface area contributed by atoms with Gasteiger partial charge >= 0.3 is 12.1 Å². The lowest BCUT2D eigenvalue weighted by molar-refractivity contribution is -0.141. The van der Waals surface area contributed by atoms with Crippen molar-refractivity contribution in [2.24, 2.45) is 0 Å². The van der Waals surface area contributed by atoms with Crippen LogP contribution in [0.4, 0.5) is 13.2 Å². The minimum atomic E-state index is -4.63. The van der Waals surface area contributed by atoms with Crippen molar-refractivity contribution in [3.8, 4) is 11.3 Å². The number of thioether (sulfide) groups is 1. The molecule has 23 heavy (non-hydrogen) atoms. The third-order valence-electron chi connectivity index (χ3n) is 2.98. The maximum absolute atomic E-state index is 13.0. The topological polar surface area (TPSA) is 63.1 Å². The molecule has 0 bridgehead atoms. The van der Waals surface area contributed by atoms with Crippen LogP contribution in [0.15, 0.2) is 35.5 Å². The summed E-state index contributed by atoms with van der Waals surface area (Å²) >= 11 is 0.654. The molecule has 0 spiro atoms. The van der Waals surface area contributed by atoms with Gasteiger partial charge in [0, 0.05) is 5.56 Å². The number of rotatable bonds is 5. The standard InChI is InChI=1S/C15H13F3N2O2S/c1-2-9-3-5-10(6-4-9)11-7-12(15(16,17)18)20-14(19-11)23-8-13(21)22/h3-7H,2,8H2,1H3,(H,21,22). The summed E-state index contributed by atoms with van der Waals surface area (Å²) in [6, 6.07) is 7.87. The van der Waals surface area contributed by atoms with Gasteiger partial charge in [-0.2, -0.15) is 13.2 Å². The number of hydrogen-bond acceptors (Lipinski definition) is 4. The van der Waals surface area contributed by atoms with Crippen molar-refractivity contribution in [1.82, 2.24) is 9.97 Å². The fourth-order valence-corrected chi connectivity index (χ4v) is 2.40. The van der Waals surface area contributed by atoms with Gasteiger partial charge in [0.25, 0.3) is 0 Å². The zero-order valence-electron chi connectivity index (χ0n) is 12.1. The van der Waals surface area contributed by atoms with E-state index < -0.39 is 23.6 Å². The summed E-state index contributed by atoms with van der Waals surface area (Å²) in [6.07, 6.45) is -3.81. The highest BCUT2D eigenvalue weighted by molar-refractivity contribution is 7.99. The summed E-state index contributed by atoms with van der Waals surface area (Å²) in [5.74, 6) is -1.56. The van der Waals surface area contributed by atoms with Crippen LogP contribution >= 0.6 is 11.8 Å². The maximum Gasteiger partial charge on any atom is 0.433 e. The monoisotopic (exact) mass is 342 g/mol. The Hall–Kier alpha value is -2.09. The number of aromatic nitrogens is 2. The van der Waals surface area contributed by atoms with Crippen molar-refractivity contribution in [2.45, 2.75) is 24.7 Å². The fourth-order valence-electron chi connectivity index (χ4n) is 1.82. The zero-order chi connectivity index (χ0) is 17.0. The predicted octanol–water partition coefficient (Wildman–Crippen LogP) is 3.90. The average Bonchev–Trinajstić information content (AvgIpc) is 2.52. The minimum Gasteiger partial charge on any atom is -0.481 e. The van der Waals surface area contributed by atoms with Crippen LogP contribution in [0.2, 0.25) is 0 Å². The maximum atomic E-state index is 13.0. The largest absolute Gasteiger partial charge is 0.481 e. The molecule has 4 nitrogen and oxygen atoms in total. The molecule has 0 unspecified atom stereocenters. The number of carboxylic acid groups (broad SMARTS) is 1. The van der Waals surface area contributed by atoms with Gasteiger partial charge < -0.3 is 5.11 Å². The minimum absolute atomic E-state index is 0.114. The van der Waals surface area contributed by atoms with Gasteiger partial charge in [0.1, 0.15) is 5.69 Å². The van der Waals surface area contributed by atoms with E-state index in [0.717, 1.165) is 18.1 Å². The number of carboxylic acids is 1. The number of halogens is 3. The van der Waals surface area contributed by atoms with E-state index >= 15 is 0 Å². The van der Waals surface area contributed by atoms with E-state index in [-0.39, 0.29) is 10.9 Å². The van der Waals surface area contributed by atoms with Gasteiger partial charge in [0.05, 0.1) is 11.4 Å². The van der Waals surface area contributed by atoms with Crippen molar-refractivity contribution in [2.75, 3.05) is 5.75 Å². The molecule has 1 aromatic heterocycles. The van der Waals surface area contributed by atoms with Crippen molar-refractivity contribution < 1.29 is 23.1 Å². The van der Waals surface area contributed by atoms with Crippen LogP contribution in [0, 0.1) is 0 Å². The number of aryl methyl sites for hydroxylation is 1. The van der Waals surface area contributed by atoms with E-state index in [0.29, 0.717) is 17.3 Å². The Morgan fingerprint density at radius 1 is 1.22 bits per heavy atom. The third kappa shape index (κ3) is 4.69. The molecule has 0 saturated heterocycles. The summed E-state index contributed by atoms with van der Waals surface area (Å²) < 4.78 is 38.9. The van der Waals surface area contributed by atoms with Gasteiger partial charge in [0.15, 0.2) is 5.16 Å². The van der Waals surface area contributed by atoms with Crippen LogP contribution in [0.3, 0.4) is 0 Å². The van der Waals surface area contributed by atoms with E-state index in [9.17, 15) is 18.0 Å². The van der Waals surface area contributed by atoms with Gasteiger partial charge in [0.2, 0.25) is 0 Å². The normalized spacial score (nSPS) is 11.5. The second-order valence-corrected chi connectivity index (χ2v) is 5.59. The van der Waals surface area contributed by atoms with Crippen molar-refractivity contribution >= 4 is 17.7 Å². The highest BCUT2D eigenvalue weighted by atomic mass is 32.2. The molecule has 0 amide bonds. The Labute approximate surface area is 134 Å². The van der Waals surface area contributed by atoms with Gasteiger partial charge in [-0.15, -0.1) is 0 Å². The molecule has 2 rings (SSSR count). The molecular formula is C15H13F3N2O2S. The molecule has 0 aliphatic carbocycles. The number of alkyl halides is 3. The van der Waals surface area contributed by atoms with Gasteiger partial charge in [-0.3, -0.25) is 4.79 Å². The summed E-state index contributed by atoms with van der Waals surface area (Å²) in [7, 11) is 0. The van der Waals surface area contributed by atoms with E-state index in [1.165, 1.54) is 0 Å². The Bertz CT molecular complexity index is 703. The molecule has 2 aromatic rings. The average molecular weight is 342 g/mol. The van der Waals surface area contributed by atoms with E-state index in [1.807, 2.05) is 19.1 Å². The third-order valence-corrected chi connectivity index (χ3v) is 3.81. The molecule has 1 N–H and O–H groups in total. The molecule has 0 aliphatic rings. The van der Waals surface area contributed by atoms with Crippen LogP contribution in [0.25, 0.3) is 11.3 Å². The summed E-state index contributed by atoms with van der Waals surface area (Å²) in [5.41, 5.74) is 0.601. The first-order chi connectivity index (χ1) is 10.8. The Kier molecular flexibility index (Phi) is 5.25. The van der Waals surface area contributed by atoms with Crippen LogP contribution in [0.5, 0.6) is 0 Å². The lowest BCUT2D eigenvalue weighted by Crippen LogP contribution is -2.10. The van der Waals surface area contributed by atoms with Crippen molar-refractivity contribution in [3.05, 3.63) is 41.6 Å². The molecule has 0 saturated carbocycles. The Morgan fingerprint density at radius 3 is 2.39 bits per heavy atom. The molecular weight excluding hydrogens is 329 g/mol. The van der Waals surface area contributed by atoms with Crippen LogP contribution < -0.4 is 0 Å². The molecule has 122 valence electrons. The fraction of sp³-hybridized carbons (Fsp3) is 0.267. The Morgan fingerprint density at radius 2 is 1.87 bits per heavy atom. The molecule has 8 heteroatoms. The number of benzene rings is 1. The predicted molar refractivity (Wildman–Crippen MR) is 80.2 cm³/mol. The zero-order valence-corrected chi connectivity index (χ0v) is 12.9. The molecule has 0 aliphatic heterocycles. The Balaban J connectivity index is 2.43. The number of aliphatic carboxylic acids is 1. The second-order valence-electron chi connectivity index (χ2n) is 4.65. The van der Waals surface area contributed by atoms with Crippen LogP contribution in [-0.4, -0.2) is 26.8 Å². The first kappa shape index (κ1) is 17.3. The van der Waals surface area contributed by atoms with Gasteiger partial charge in [-0.1, -0.05) is 43.0 Å². The summed E-state index contributed by atoms with van der Waals surface area (Å²) in [6.45, 7) is 1.97. The first-order valence-corrected chi connectivity index (χ1v) is 7.68. The highest BCUT2D eigenvalue weighted by Gasteiger charge is 2.33. The lowest BCUT2D eigenvalue weighted by Gasteiger charge is -2.10. The van der Waals surface area contributed by atoms with E-state index in [2.05, 4.69) is 9.97 Å². The number of hydrogen-bond donors (Lipinski definition) is 1. The van der Waals surface area contributed by atoms with E-state index in [1.54, 1.807) is 12.1 Å².